The van der Waals surface area contributed by atoms with E-state index in [1.54, 1.807) is 42.7 Å². The number of fused-ring (bicyclic) bond motifs is 3. The summed E-state index contributed by atoms with van der Waals surface area (Å²) in [4.78, 5) is 0. The van der Waals surface area contributed by atoms with E-state index in [1.165, 1.54) is 0 Å². The van der Waals surface area contributed by atoms with Gasteiger partial charge in [0.15, 0.2) is 0 Å². The maximum absolute atomic E-state index is 5.51. The Labute approximate surface area is 212 Å². The number of hydrogen-bond acceptors (Lipinski definition) is 12. The molecule has 12 nitrogen and oxygen atoms in total. The van der Waals surface area contributed by atoms with Gasteiger partial charge in [0.2, 0.25) is 0 Å². The van der Waals surface area contributed by atoms with Crippen molar-refractivity contribution in [1.82, 2.24) is 0 Å². The average molecular weight is 523 g/mol. The molecule has 0 unspecified atom stereocenters. The van der Waals surface area contributed by atoms with Crippen LogP contribution in [0.3, 0.4) is 0 Å². The predicted molar refractivity (Wildman–Crippen MR) is 123 cm³/mol. The van der Waals surface area contributed by atoms with Crippen LogP contribution < -0.4 is 0 Å². The highest BCUT2D eigenvalue weighted by molar-refractivity contribution is 4.97. The molecule has 6 aliphatic heterocycles. The molecule has 0 bridgehead atoms. The fourth-order valence-electron chi connectivity index (χ4n) is 5.50. The Morgan fingerprint density at radius 1 is 0.306 bits per heavy atom. The van der Waals surface area contributed by atoms with Crippen LogP contribution in [0.2, 0.25) is 0 Å². The van der Waals surface area contributed by atoms with Crippen LogP contribution in [-0.2, 0) is 56.8 Å². The molecule has 36 heavy (non-hydrogen) atoms. The van der Waals surface area contributed by atoms with Crippen molar-refractivity contribution in [3.8, 4) is 0 Å². The van der Waals surface area contributed by atoms with Gasteiger partial charge in [-0.2, -0.15) is 0 Å². The molecule has 6 fully saturated rings. The zero-order chi connectivity index (χ0) is 25.7. The van der Waals surface area contributed by atoms with E-state index >= 15 is 0 Å². The smallest absolute Gasteiger partial charge is 0.115 e. The standard InChI is InChI=1S/3C8H14O4/c3*1-9-5-3-11-8-6(10-2)4-12-7(5)8/h3*5-8H,3-4H2,1-2H3/t5-,6+,7-,8-;5-,6-,7+,8+;5-,6-,7-,8-/m101/s1. The number of rotatable bonds is 6. The second-order valence-electron chi connectivity index (χ2n) is 9.43. The van der Waals surface area contributed by atoms with E-state index in [1.807, 2.05) is 0 Å². The van der Waals surface area contributed by atoms with Gasteiger partial charge in [-0.05, 0) is 0 Å². The third kappa shape index (κ3) is 5.90. The van der Waals surface area contributed by atoms with Gasteiger partial charge in [0.05, 0.1) is 39.6 Å². The second kappa shape index (κ2) is 13.5. The van der Waals surface area contributed by atoms with Crippen molar-refractivity contribution in [1.29, 1.82) is 0 Å². The van der Waals surface area contributed by atoms with Crippen LogP contribution in [0, 0.1) is 0 Å². The Bertz CT molecular complexity index is 515. The summed E-state index contributed by atoms with van der Waals surface area (Å²) in [5.41, 5.74) is 0. The lowest BCUT2D eigenvalue weighted by Gasteiger charge is -2.14. The Morgan fingerprint density at radius 3 is 0.556 bits per heavy atom. The first-order valence-corrected chi connectivity index (χ1v) is 12.5. The van der Waals surface area contributed by atoms with Crippen LogP contribution in [0.15, 0.2) is 0 Å². The highest BCUT2D eigenvalue weighted by Crippen LogP contribution is 2.31. The molecule has 0 radical (unpaired) electrons. The summed E-state index contributed by atoms with van der Waals surface area (Å²) < 4.78 is 64.3. The SMILES string of the molecule is CO[C@@H]1CO[C@H]2[C@@H]1OC[C@H]2OC.CO[C@H]1CO[C@H]2[C@@H]1OC[C@@H]2OC.CO[C@H]1CO[C@H]2[C@@H]1OC[C@H]2OC. The molecule has 6 heterocycles. The fourth-order valence-corrected chi connectivity index (χ4v) is 5.50. The van der Waals surface area contributed by atoms with Crippen LogP contribution >= 0.6 is 0 Å². The van der Waals surface area contributed by atoms with Crippen molar-refractivity contribution in [2.75, 3.05) is 82.3 Å². The molecule has 0 aromatic carbocycles. The van der Waals surface area contributed by atoms with E-state index in [4.69, 9.17) is 56.8 Å². The summed E-state index contributed by atoms with van der Waals surface area (Å²) in [6, 6.07) is 0. The summed E-state index contributed by atoms with van der Waals surface area (Å²) in [5, 5.41) is 0. The lowest BCUT2D eigenvalue weighted by atomic mass is 10.1. The van der Waals surface area contributed by atoms with E-state index in [0.717, 1.165) is 0 Å². The fraction of sp³-hybridized carbons (Fsp3) is 1.00. The molecule has 0 amide bonds. The molecule has 6 aliphatic rings. The first kappa shape index (κ1) is 28.5. The lowest BCUT2D eigenvalue weighted by molar-refractivity contribution is -0.0267. The number of hydrogen-bond donors (Lipinski definition) is 0. The monoisotopic (exact) mass is 522 g/mol. The zero-order valence-corrected chi connectivity index (χ0v) is 22.1. The van der Waals surface area contributed by atoms with E-state index < -0.39 is 0 Å². The Morgan fingerprint density at radius 2 is 0.444 bits per heavy atom. The molecule has 0 aliphatic carbocycles. The van der Waals surface area contributed by atoms with Gasteiger partial charge < -0.3 is 56.8 Å². The molecular weight excluding hydrogens is 480 g/mol. The first-order valence-electron chi connectivity index (χ1n) is 12.5. The maximum atomic E-state index is 5.51. The van der Waals surface area contributed by atoms with Gasteiger partial charge in [0.1, 0.15) is 73.2 Å². The third-order valence-corrected chi connectivity index (χ3v) is 7.70. The second-order valence-corrected chi connectivity index (χ2v) is 9.43. The lowest BCUT2D eigenvalue weighted by Crippen LogP contribution is -2.32. The first-order chi connectivity index (χ1) is 17.6. The van der Waals surface area contributed by atoms with Gasteiger partial charge in [0.25, 0.3) is 0 Å². The van der Waals surface area contributed by atoms with E-state index in [0.29, 0.717) is 39.6 Å². The molecule has 12 heteroatoms. The average Bonchev–Trinajstić information content (AvgIpc) is 3.72. The molecule has 12 atom stereocenters. The summed E-state index contributed by atoms with van der Waals surface area (Å²) in [6.07, 6.45) is 0.889. The number of methoxy groups -OCH3 is 6. The molecule has 210 valence electrons. The van der Waals surface area contributed by atoms with Gasteiger partial charge >= 0.3 is 0 Å². The molecular formula is C24H42O12. The van der Waals surface area contributed by atoms with Crippen LogP contribution in [-0.4, -0.2) is 156 Å². The summed E-state index contributed by atoms with van der Waals surface area (Å²) in [6.45, 7) is 3.70. The third-order valence-electron chi connectivity index (χ3n) is 7.70. The van der Waals surface area contributed by atoms with Crippen molar-refractivity contribution in [2.45, 2.75) is 73.2 Å². The Kier molecular flexibility index (Phi) is 10.7. The molecule has 0 N–H and O–H groups in total. The molecule has 6 rings (SSSR count). The molecule has 0 saturated carbocycles. The minimum absolute atomic E-state index is 0.0694. The summed E-state index contributed by atoms with van der Waals surface area (Å²) in [5.74, 6) is 0. The Hall–Kier alpha value is -0.480. The molecule has 0 spiro atoms. The topological polar surface area (TPSA) is 111 Å². The number of ether oxygens (including phenoxy) is 12. The van der Waals surface area contributed by atoms with Crippen LogP contribution in [0.5, 0.6) is 0 Å². The normalized spacial score (nSPS) is 46.5. The minimum Gasteiger partial charge on any atom is -0.376 e. The van der Waals surface area contributed by atoms with Crippen molar-refractivity contribution < 1.29 is 56.8 Å². The molecule has 6 saturated heterocycles. The minimum atomic E-state index is 0.0694. The zero-order valence-electron chi connectivity index (χ0n) is 22.1. The van der Waals surface area contributed by atoms with Crippen LogP contribution in [0.25, 0.3) is 0 Å². The largest absolute Gasteiger partial charge is 0.376 e. The predicted octanol–water partition coefficient (Wildman–Crippen LogP) is -0.558. The molecule has 0 aromatic heterocycles. The van der Waals surface area contributed by atoms with E-state index in [2.05, 4.69) is 0 Å². The highest BCUT2D eigenvalue weighted by Gasteiger charge is 2.49. The Balaban J connectivity index is 0.000000127. The van der Waals surface area contributed by atoms with Gasteiger partial charge in [-0.25, -0.2) is 0 Å². The summed E-state index contributed by atoms with van der Waals surface area (Å²) in [7, 11) is 10.1. The quantitative estimate of drug-likeness (QED) is 0.446. The van der Waals surface area contributed by atoms with Crippen molar-refractivity contribution in [3.05, 3.63) is 0 Å². The summed E-state index contributed by atoms with van der Waals surface area (Å²) >= 11 is 0. The van der Waals surface area contributed by atoms with Crippen LogP contribution in [0.1, 0.15) is 0 Å². The van der Waals surface area contributed by atoms with Gasteiger partial charge in [-0.3, -0.25) is 0 Å². The van der Waals surface area contributed by atoms with Gasteiger partial charge in [-0.15, -0.1) is 0 Å². The highest BCUT2D eigenvalue weighted by atomic mass is 16.7. The van der Waals surface area contributed by atoms with Crippen molar-refractivity contribution in [3.63, 3.8) is 0 Å². The van der Waals surface area contributed by atoms with E-state index in [-0.39, 0.29) is 73.2 Å². The maximum Gasteiger partial charge on any atom is 0.115 e. The van der Waals surface area contributed by atoms with Crippen molar-refractivity contribution >= 4 is 0 Å². The van der Waals surface area contributed by atoms with Gasteiger partial charge in [0, 0.05) is 42.7 Å². The van der Waals surface area contributed by atoms with Crippen LogP contribution in [0.4, 0.5) is 0 Å². The van der Waals surface area contributed by atoms with E-state index in [9.17, 15) is 0 Å². The molecule has 0 aromatic rings. The van der Waals surface area contributed by atoms with Crippen molar-refractivity contribution in [2.24, 2.45) is 0 Å². The van der Waals surface area contributed by atoms with Gasteiger partial charge in [-0.1, -0.05) is 0 Å².